The van der Waals surface area contributed by atoms with Gasteiger partial charge in [0, 0.05) is 29.8 Å². The SMILES string of the molecule is CN=C(NCc1cccc(Cl)c1)NCc1cc2ccccc2[nH]1. The number of rotatable bonds is 4. The van der Waals surface area contributed by atoms with E-state index in [0.29, 0.717) is 13.1 Å². The summed E-state index contributed by atoms with van der Waals surface area (Å²) in [6.07, 6.45) is 0. The van der Waals surface area contributed by atoms with Crippen LogP contribution in [-0.4, -0.2) is 18.0 Å². The van der Waals surface area contributed by atoms with E-state index in [1.807, 2.05) is 36.4 Å². The summed E-state index contributed by atoms with van der Waals surface area (Å²) in [4.78, 5) is 7.64. The van der Waals surface area contributed by atoms with Crippen molar-refractivity contribution < 1.29 is 0 Å². The van der Waals surface area contributed by atoms with Crippen LogP contribution in [0.3, 0.4) is 0 Å². The van der Waals surface area contributed by atoms with Crippen molar-refractivity contribution >= 4 is 28.5 Å². The molecule has 0 unspecified atom stereocenters. The van der Waals surface area contributed by atoms with Gasteiger partial charge in [-0.25, -0.2) is 0 Å². The predicted molar refractivity (Wildman–Crippen MR) is 96.8 cm³/mol. The Morgan fingerprint density at radius 3 is 2.65 bits per heavy atom. The second kappa shape index (κ2) is 7.20. The fourth-order valence-corrected chi connectivity index (χ4v) is 2.67. The predicted octanol–water partition coefficient (Wildman–Crippen LogP) is 3.69. The van der Waals surface area contributed by atoms with Crippen LogP contribution in [0.25, 0.3) is 10.9 Å². The number of fused-ring (bicyclic) bond motifs is 1. The number of H-pyrrole nitrogens is 1. The van der Waals surface area contributed by atoms with Crippen LogP contribution in [0.5, 0.6) is 0 Å². The third-order valence-electron chi connectivity index (χ3n) is 3.60. The number of halogens is 1. The summed E-state index contributed by atoms with van der Waals surface area (Å²) in [7, 11) is 1.76. The molecule has 0 bridgehead atoms. The van der Waals surface area contributed by atoms with Gasteiger partial charge in [-0.15, -0.1) is 0 Å². The van der Waals surface area contributed by atoms with Gasteiger partial charge in [-0.3, -0.25) is 4.99 Å². The zero-order valence-corrected chi connectivity index (χ0v) is 13.7. The number of hydrogen-bond donors (Lipinski definition) is 3. The number of aromatic nitrogens is 1. The summed E-state index contributed by atoms with van der Waals surface area (Å²) >= 11 is 6.00. The van der Waals surface area contributed by atoms with E-state index in [9.17, 15) is 0 Å². The van der Waals surface area contributed by atoms with E-state index in [4.69, 9.17) is 11.6 Å². The molecule has 1 aromatic heterocycles. The average molecular weight is 327 g/mol. The van der Waals surface area contributed by atoms with Crippen molar-refractivity contribution in [2.24, 2.45) is 4.99 Å². The lowest BCUT2D eigenvalue weighted by atomic mass is 10.2. The molecule has 0 radical (unpaired) electrons. The molecule has 0 aliphatic rings. The molecule has 3 rings (SSSR count). The van der Waals surface area contributed by atoms with Gasteiger partial charge in [-0.2, -0.15) is 0 Å². The highest BCUT2D eigenvalue weighted by molar-refractivity contribution is 6.30. The zero-order chi connectivity index (χ0) is 16.1. The van der Waals surface area contributed by atoms with Gasteiger partial charge in [0.25, 0.3) is 0 Å². The summed E-state index contributed by atoms with van der Waals surface area (Å²) in [5.74, 6) is 0.753. The first kappa shape index (κ1) is 15.4. The fourth-order valence-electron chi connectivity index (χ4n) is 2.46. The molecular formula is C18H19ClN4. The fraction of sp³-hybridized carbons (Fsp3) is 0.167. The number of para-hydroxylation sites is 1. The van der Waals surface area contributed by atoms with Crippen molar-refractivity contribution in [3.63, 3.8) is 0 Å². The van der Waals surface area contributed by atoms with E-state index in [0.717, 1.165) is 27.8 Å². The van der Waals surface area contributed by atoms with Crippen molar-refractivity contribution in [3.8, 4) is 0 Å². The topological polar surface area (TPSA) is 52.2 Å². The van der Waals surface area contributed by atoms with Crippen LogP contribution in [0.1, 0.15) is 11.3 Å². The van der Waals surface area contributed by atoms with Crippen molar-refractivity contribution in [1.29, 1.82) is 0 Å². The van der Waals surface area contributed by atoms with E-state index in [1.165, 1.54) is 5.39 Å². The lowest BCUT2D eigenvalue weighted by molar-refractivity contribution is 0.799. The normalized spacial score (nSPS) is 11.7. The minimum Gasteiger partial charge on any atom is -0.357 e. The third kappa shape index (κ3) is 4.05. The summed E-state index contributed by atoms with van der Waals surface area (Å²) in [5, 5.41) is 8.54. The minimum atomic E-state index is 0.674. The number of guanidine groups is 1. The molecular weight excluding hydrogens is 308 g/mol. The number of aliphatic imine (C=N–C) groups is 1. The maximum Gasteiger partial charge on any atom is 0.191 e. The van der Waals surface area contributed by atoms with E-state index in [-0.39, 0.29) is 0 Å². The van der Waals surface area contributed by atoms with Crippen LogP contribution < -0.4 is 10.6 Å². The highest BCUT2D eigenvalue weighted by Gasteiger charge is 2.02. The Morgan fingerprint density at radius 1 is 1.04 bits per heavy atom. The second-order valence-corrected chi connectivity index (χ2v) is 5.73. The molecule has 4 nitrogen and oxygen atoms in total. The molecule has 0 aliphatic heterocycles. The van der Waals surface area contributed by atoms with Gasteiger partial charge >= 0.3 is 0 Å². The Morgan fingerprint density at radius 2 is 1.87 bits per heavy atom. The Balaban J connectivity index is 1.57. The van der Waals surface area contributed by atoms with Crippen molar-refractivity contribution in [3.05, 3.63) is 70.9 Å². The zero-order valence-electron chi connectivity index (χ0n) is 12.9. The standard InChI is InChI=1S/C18H19ClN4/c1-20-18(21-11-13-5-4-7-15(19)9-13)22-12-16-10-14-6-2-3-8-17(14)23-16/h2-10,23H,11-12H2,1H3,(H2,20,21,22). The molecule has 0 saturated heterocycles. The first-order valence-electron chi connectivity index (χ1n) is 7.50. The van der Waals surface area contributed by atoms with Crippen molar-refractivity contribution in [1.82, 2.24) is 15.6 Å². The maximum absolute atomic E-state index is 6.00. The molecule has 0 amide bonds. The Hall–Kier alpha value is -2.46. The lowest BCUT2D eigenvalue weighted by Crippen LogP contribution is -2.36. The first-order valence-corrected chi connectivity index (χ1v) is 7.88. The largest absolute Gasteiger partial charge is 0.357 e. The average Bonchev–Trinajstić information content (AvgIpc) is 2.98. The van der Waals surface area contributed by atoms with Gasteiger partial charge in [0.1, 0.15) is 0 Å². The van der Waals surface area contributed by atoms with Gasteiger partial charge in [-0.1, -0.05) is 41.9 Å². The molecule has 0 aliphatic carbocycles. The molecule has 0 fully saturated rings. The summed E-state index contributed by atoms with van der Waals surface area (Å²) in [6.45, 7) is 1.36. The smallest absolute Gasteiger partial charge is 0.191 e. The molecule has 0 saturated carbocycles. The molecule has 5 heteroatoms. The number of benzene rings is 2. The molecule has 118 valence electrons. The molecule has 3 aromatic rings. The van der Waals surface area contributed by atoms with Gasteiger partial charge in [-0.05, 0) is 35.2 Å². The number of nitrogens with one attached hydrogen (secondary N) is 3. The van der Waals surface area contributed by atoms with Gasteiger partial charge in [0.2, 0.25) is 0 Å². The minimum absolute atomic E-state index is 0.674. The third-order valence-corrected chi connectivity index (χ3v) is 3.84. The monoisotopic (exact) mass is 326 g/mol. The van der Waals surface area contributed by atoms with Gasteiger partial charge in [0.05, 0.1) is 6.54 Å². The van der Waals surface area contributed by atoms with Crippen molar-refractivity contribution in [2.75, 3.05) is 7.05 Å². The Labute approximate surface area is 140 Å². The highest BCUT2D eigenvalue weighted by Crippen LogP contribution is 2.14. The van der Waals surface area contributed by atoms with Crippen LogP contribution in [-0.2, 0) is 13.1 Å². The maximum atomic E-state index is 6.00. The molecule has 2 aromatic carbocycles. The Bertz CT molecular complexity index is 790. The van der Waals surface area contributed by atoms with E-state index >= 15 is 0 Å². The molecule has 3 N–H and O–H groups in total. The molecule has 0 atom stereocenters. The van der Waals surface area contributed by atoms with E-state index in [1.54, 1.807) is 7.05 Å². The van der Waals surface area contributed by atoms with Crippen LogP contribution >= 0.6 is 11.6 Å². The summed E-state index contributed by atoms with van der Waals surface area (Å²) in [5.41, 5.74) is 3.38. The number of aromatic amines is 1. The van der Waals surface area contributed by atoms with Crippen LogP contribution in [0, 0.1) is 0 Å². The summed E-state index contributed by atoms with van der Waals surface area (Å²) in [6, 6.07) is 18.2. The van der Waals surface area contributed by atoms with Crippen molar-refractivity contribution in [2.45, 2.75) is 13.1 Å². The van der Waals surface area contributed by atoms with Crippen LogP contribution in [0.15, 0.2) is 59.6 Å². The molecule has 23 heavy (non-hydrogen) atoms. The highest BCUT2D eigenvalue weighted by atomic mass is 35.5. The first-order chi connectivity index (χ1) is 11.2. The second-order valence-electron chi connectivity index (χ2n) is 5.29. The molecule has 0 spiro atoms. The quantitative estimate of drug-likeness (QED) is 0.506. The lowest BCUT2D eigenvalue weighted by Gasteiger charge is -2.11. The van der Waals surface area contributed by atoms with E-state index in [2.05, 4.69) is 38.8 Å². The number of hydrogen-bond acceptors (Lipinski definition) is 1. The Kier molecular flexibility index (Phi) is 4.83. The van der Waals surface area contributed by atoms with Crippen LogP contribution in [0.4, 0.5) is 0 Å². The van der Waals surface area contributed by atoms with Gasteiger partial charge in [0.15, 0.2) is 5.96 Å². The summed E-state index contributed by atoms with van der Waals surface area (Å²) < 4.78 is 0. The van der Waals surface area contributed by atoms with E-state index < -0.39 is 0 Å². The molecule has 1 heterocycles. The van der Waals surface area contributed by atoms with Crippen LogP contribution in [0.2, 0.25) is 5.02 Å². The number of nitrogens with zero attached hydrogens (tertiary/aromatic N) is 1. The van der Waals surface area contributed by atoms with Gasteiger partial charge < -0.3 is 15.6 Å².